The molecule has 2 aliphatic rings. The summed E-state index contributed by atoms with van der Waals surface area (Å²) in [6.07, 6.45) is 11.6. The first-order valence-electron chi connectivity index (χ1n) is 8.61. The molecule has 0 aromatic heterocycles. The molecule has 0 unspecified atom stereocenters. The molecule has 0 bridgehead atoms. The lowest BCUT2D eigenvalue weighted by atomic mass is 9.46. The third kappa shape index (κ3) is 2.76. The maximum absolute atomic E-state index is 4.12. The monoisotopic (exact) mass is 274 g/mol. The van der Waals surface area contributed by atoms with Gasteiger partial charge in [0.15, 0.2) is 0 Å². The smallest absolute Gasteiger partial charge is 0.0261 e. The molecule has 0 amide bonds. The minimum atomic E-state index is 0.542. The highest BCUT2D eigenvalue weighted by Gasteiger charge is 2.53. The predicted octanol–water partition coefficient (Wildman–Crippen LogP) is 6.39. The zero-order chi connectivity index (χ0) is 15.0. The standard InChI is InChI=1S/C20H34/c1-7-15(2)9-11-17-16(3)10-12-18-19(4,5)13-8-14-20(17,18)6/h7,16-18H,1-2,8-14H2,3-6H3/t16-,17+,18+,20-/m1/s1. The summed E-state index contributed by atoms with van der Waals surface area (Å²) in [5.74, 6) is 2.67. The molecule has 2 fully saturated rings. The molecule has 0 aromatic rings. The van der Waals surface area contributed by atoms with E-state index < -0.39 is 0 Å². The lowest BCUT2D eigenvalue weighted by Gasteiger charge is -2.59. The molecule has 20 heavy (non-hydrogen) atoms. The van der Waals surface area contributed by atoms with Crippen molar-refractivity contribution in [3.8, 4) is 0 Å². The van der Waals surface area contributed by atoms with E-state index in [4.69, 9.17) is 0 Å². The van der Waals surface area contributed by atoms with Crippen molar-refractivity contribution in [3.63, 3.8) is 0 Å². The van der Waals surface area contributed by atoms with E-state index in [1.54, 1.807) is 0 Å². The van der Waals surface area contributed by atoms with Crippen molar-refractivity contribution in [1.82, 2.24) is 0 Å². The Hall–Kier alpha value is -0.520. The van der Waals surface area contributed by atoms with E-state index in [-0.39, 0.29) is 0 Å². The Balaban J connectivity index is 2.19. The Bertz CT molecular complexity index is 375. The van der Waals surface area contributed by atoms with Crippen LogP contribution in [0.4, 0.5) is 0 Å². The fourth-order valence-corrected chi connectivity index (χ4v) is 5.67. The van der Waals surface area contributed by atoms with Crippen molar-refractivity contribution in [1.29, 1.82) is 0 Å². The summed E-state index contributed by atoms with van der Waals surface area (Å²) in [6.45, 7) is 18.1. The molecule has 114 valence electrons. The zero-order valence-corrected chi connectivity index (χ0v) is 14.2. The van der Waals surface area contributed by atoms with E-state index in [9.17, 15) is 0 Å². The Morgan fingerprint density at radius 1 is 1.20 bits per heavy atom. The molecule has 2 aliphatic carbocycles. The lowest BCUT2D eigenvalue weighted by Crippen LogP contribution is -2.51. The van der Waals surface area contributed by atoms with Gasteiger partial charge in [-0.3, -0.25) is 0 Å². The van der Waals surface area contributed by atoms with E-state index in [2.05, 4.69) is 40.9 Å². The Kier molecular flexibility index (Phi) is 4.52. The van der Waals surface area contributed by atoms with Gasteiger partial charge >= 0.3 is 0 Å². The summed E-state index contributed by atoms with van der Waals surface area (Å²) in [4.78, 5) is 0. The fraction of sp³-hybridized carbons (Fsp3) is 0.800. The van der Waals surface area contributed by atoms with E-state index in [1.165, 1.54) is 44.1 Å². The molecule has 4 atom stereocenters. The van der Waals surface area contributed by atoms with Crippen molar-refractivity contribution >= 4 is 0 Å². The second kappa shape index (κ2) is 5.70. The van der Waals surface area contributed by atoms with Crippen LogP contribution in [0.2, 0.25) is 0 Å². The summed E-state index contributed by atoms with van der Waals surface area (Å²) < 4.78 is 0. The second-order valence-corrected chi connectivity index (χ2v) is 8.46. The first kappa shape index (κ1) is 15.9. The SMILES string of the molecule is C=CC(=C)CC[C@H]1[C@H](C)CC[C@H]2C(C)(C)CCC[C@]12C. The van der Waals surface area contributed by atoms with Gasteiger partial charge in [0.05, 0.1) is 0 Å². The van der Waals surface area contributed by atoms with Crippen LogP contribution in [0.15, 0.2) is 24.8 Å². The topological polar surface area (TPSA) is 0 Å². The van der Waals surface area contributed by atoms with E-state index in [1.807, 2.05) is 6.08 Å². The van der Waals surface area contributed by atoms with Crippen LogP contribution in [0, 0.1) is 28.6 Å². The molecule has 0 N–H and O–H groups in total. The van der Waals surface area contributed by atoms with Crippen LogP contribution < -0.4 is 0 Å². The van der Waals surface area contributed by atoms with Gasteiger partial charge in [-0.05, 0) is 60.7 Å². The third-order valence-corrected chi connectivity index (χ3v) is 6.79. The number of fused-ring (bicyclic) bond motifs is 1. The van der Waals surface area contributed by atoms with Gasteiger partial charge in [0.25, 0.3) is 0 Å². The van der Waals surface area contributed by atoms with Gasteiger partial charge in [-0.2, -0.15) is 0 Å². The second-order valence-electron chi connectivity index (χ2n) is 8.46. The van der Waals surface area contributed by atoms with Gasteiger partial charge in [0, 0.05) is 0 Å². The largest absolute Gasteiger partial charge is 0.0988 e. The molecule has 0 nitrogen and oxygen atoms in total. The van der Waals surface area contributed by atoms with Crippen molar-refractivity contribution < 1.29 is 0 Å². The van der Waals surface area contributed by atoms with E-state index in [0.29, 0.717) is 10.8 Å². The number of rotatable bonds is 4. The van der Waals surface area contributed by atoms with Crippen LogP contribution in [-0.2, 0) is 0 Å². The van der Waals surface area contributed by atoms with Crippen LogP contribution in [0.1, 0.15) is 72.6 Å². The molecule has 2 saturated carbocycles. The molecule has 0 heterocycles. The molecule has 0 radical (unpaired) electrons. The van der Waals surface area contributed by atoms with Crippen LogP contribution >= 0.6 is 0 Å². The number of allylic oxidation sites excluding steroid dienone is 2. The van der Waals surface area contributed by atoms with Gasteiger partial charge in [-0.1, -0.05) is 65.3 Å². The zero-order valence-electron chi connectivity index (χ0n) is 14.2. The summed E-state index contributed by atoms with van der Waals surface area (Å²) in [5.41, 5.74) is 2.32. The van der Waals surface area contributed by atoms with Crippen molar-refractivity contribution in [3.05, 3.63) is 24.8 Å². The minimum absolute atomic E-state index is 0.542. The molecule has 0 spiro atoms. The Labute approximate surface area is 126 Å². The van der Waals surface area contributed by atoms with E-state index in [0.717, 1.165) is 24.2 Å². The molecule has 0 aliphatic heterocycles. The first-order chi connectivity index (χ1) is 9.31. The fourth-order valence-electron chi connectivity index (χ4n) is 5.67. The summed E-state index contributed by atoms with van der Waals surface area (Å²) >= 11 is 0. The van der Waals surface area contributed by atoms with Crippen molar-refractivity contribution in [2.75, 3.05) is 0 Å². The number of hydrogen-bond donors (Lipinski definition) is 0. The van der Waals surface area contributed by atoms with Gasteiger partial charge < -0.3 is 0 Å². The summed E-state index contributed by atoms with van der Waals surface area (Å²) in [6, 6.07) is 0. The van der Waals surface area contributed by atoms with Crippen LogP contribution in [0.3, 0.4) is 0 Å². The maximum Gasteiger partial charge on any atom is -0.0261 e. The molecule has 0 aromatic carbocycles. The molecular weight excluding hydrogens is 240 g/mol. The van der Waals surface area contributed by atoms with E-state index >= 15 is 0 Å². The van der Waals surface area contributed by atoms with Gasteiger partial charge in [-0.15, -0.1) is 0 Å². The first-order valence-corrected chi connectivity index (χ1v) is 8.61. The van der Waals surface area contributed by atoms with Crippen molar-refractivity contribution in [2.45, 2.75) is 72.6 Å². The number of hydrogen-bond acceptors (Lipinski definition) is 0. The minimum Gasteiger partial charge on any atom is -0.0988 e. The lowest BCUT2D eigenvalue weighted by molar-refractivity contribution is -0.0956. The van der Waals surface area contributed by atoms with Crippen molar-refractivity contribution in [2.24, 2.45) is 28.6 Å². The summed E-state index contributed by atoms with van der Waals surface area (Å²) in [5, 5.41) is 0. The van der Waals surface area contributed by atoms with Crippen LogP contribution in [-0.4, -0.2) is 0 Å². The Morgan fingerprint density at radius 3 is 2.55 bits per heavy atom. The predicted molar refractivity (Wildman–Crippen MR) is 89.7 cm³/mol. The highest BCUT2D eigenvalue weighted by Crippen LogP contribution is 2.62. The van der Waals surface area contributed by atoms with Crippen LogP contribution in [0.25, 0.3) is 0 Å². The molecule has 2 rings (SSSR count). The normalized spacial score (nSPS) is 39.9. The molecule has 0 heteroatoms. The van der Waals surface area contributed by atoms with Gasteiger partial charge in [0.2, 0.25) is 0 Å². The average molecular weight is 274 g/mol. The maximum atomic E-state index is 4.12. The third-order valence-electron chi connectivity index (χ3n) is 6.79. The summed E-state index contributed by atoms with van der Waals surface area (Å²) in [7, 11) is 0. The average Bonchev–Trinajstić information content (AvgIpc) is 2.36. The van der Waals surface area contributed by atoms with Gasteiger partial charge in [0.1, 0.15) is 0 Å². The van der Waals surface area contributed by atoms with Crippen LogP contribution in [0.5, 0.6) is 0 Å². The van der Waals surface area contributed by atoms with Gasteiger partial charge in [-0.25, -0.2) is 0 Å². The highest BCUT2D eigenvalue weighted by atomic mass is 14.6. The molecule has 0 saturated heterocycles. The molecular formula is C20H34. The Morgan fingerprint density at radius 2 is 1.90 bits per heavy atom. The highest BCUT2D eigenvalue weighted by molar-refractivity contribution is 5.11. The quantitative estimate of drug-likeness (QED) is 0.521.